The first-order chi connectivity index (χ1) is 14.5. The Labute approximate surface area is 181 Å². The second-order valence-corrected chi connectivity index (χ2v) is 8.72. The van der Waals surface area contributed by atoms with E-state index in [0.29, 0.717) is 23.3 Å². The number of anilines is 1. The van der Waals surface area contributed by atoms with Gasteiger partial charge in [-0.15, -0.1) is 0 Å². The van der Waals surface area contributed by atoms with Gasteiger partial charge in [0.1, 0.15) is 0 Å². The van der Waals surface area contributed by atoms with Crippen LogP contribution < -0.4 is 4.90 Å². The van der Waals surface area contributed by atoms with Gasteiger partial charge in [0.05, 0.1) is 16.8 Å². The molecule has 4 rings (SSSR count). The van der Waals surface area contributed by atoms with Crippen LogP contribution in [0.5, 0.6) is 0 Å². The van der Waals surface area contributed by atoms with Crippen molar-refractivity contribution in [1.29, 1.82) is 0 Å². The molecule has 0 fully saturated rings. The number of hydrogen-bond donors (Lipinski definition) is 0. The molecule has 0 bridgehead atoms. The smallest absolute Gasteiger partial charge is 0.278 e. The van der Waals surface area contributed by atoms with E-state index in [9.17, 15) is 4.79 Å². The predicted molar refractivity (Wildman–Crippen MR) is 123 cm³/mol. The van der Waals surface area contributed by atoms with Gasteiger partial charge in [-0.05, 0) is 43.0 Å². The minimum atomic E-state index is -0.126. The number of aromatic nitrogens is 3. The number of aryl methyl sites for hydroxylation is 2. The van der Waals surface area contributed by atoms with E-state index in [1.54, 1.807) is 16.2 Å². The maximum Gasteiger partial charge on any atom is 0.280 e. The van der Waals surface area contributed by atoms with Crippen LogP contribution >= 0.6 is 11.3 Å². The predicted octanol–water partition coefficient (Wildman–Crippen LogP) is 5.79. The van der Waals surface area contributed by atoms with Crippen molar-refractivity contribution in [3.05, 3.63) is 77.1 Å². The summed E-state index contributed by atoms with van der Waals surface area (Å²) >= 11 is 1.56. The molecule has 2 heterocycles. The van der Waals surface area contributed by atoms with Gasteiger partial charge in [-0.3, -0.25) is 14.4 Å². The summed E-state index contributed by atoms with van der Waals surface area (Å²) in [4.78, 5) is 20.2. The van der Waals surface area contributed by atoms with Gasteiger partial charge in [-0.1, -0.05) is 67.6 Å². The van der Waals surface area contributed by atoms with E-state index in [-0.39, 0.29) is 5.91 Å². The number of fused-ring (bicyclic) bond motifs is 1. The lowest BCUT2D eigenvalue weighted by Crippen LogP contribution is -2.30. The summed E-state index contributed by atoms with van der Waals surface area (Å²) in [5.74, 6) is 0.240. The molecule has 0 unspecified atom stereocenters. The van der Waals surface area contributed by atoms with Crippen molar-refractivity contribution in [3.63, 3.8) is 0 Å². The molecule has 2 aromatic heterocycles. The first kappa shape index (κ1) is 20.3. The molecule has 0 aliphatic rings. The molecular weight excluding hydrogens is 392 g/mol. The first-order valence-corrected chi connectivity index (χ1v) is 11.1. The minimum absolute atomic E-state index is 0.126. The van der Waals surface area contributed by atoms with Gasteiger partial charge in [0.2, 0.25) is 0 Å². The van der Waals surface area contributed by atoms with E-state index in [0.717, 1.165) is 28.0 Å². The summed E-state index contributed by atoms with van der Waals surface area (Å²) in [5.41, 5.74) is 4.67. The van der Waals surface area contributed by atoms with Gasteiger partial charge in [-0.25, -0.2) is 4.98 Å². The largest absolute Gasteiger partial charge is 0.280 e. The zero-order chi connectivity index (χ0) is 21.3. The average molecular weight is 419 g/mol. The normalized spacial score (nSPS) is 11.4. The maximum atomic E-state index is 13.5. The molecule has 0 saturated heterocycles. The topological polar surface area (TPSA) is 51.0 Å². The second-order valence-electron chi connectivity index (χ2n) is 7.71. The zero-order valence-electron chi connectivity index (χ0n) is 17.8. The molecule has 0 N–H and O–H groups in total. The van der Waals surface area contributed by atoms with Crippen LogP contribution in [-0.4, -0.2) is 20.7 Å². The summed E-state index contributed by atoms with van der Waals surface area (Å²) in [7, 11) is 0. The van der Waals surface area contributed by atoms with E-state index in [1.165, 1.54) is 5.56 Å². The Hall–Kier alpha value is -2.99. The van der Waals surface area contributed by atoms with Crippen molar-refractivity contribution in [2.75, 3.05) is 4.90 Å². The SMILES string of the molecule is CCn1nc(C(=O)N(Cc2ccccc2)c2nc3c(C(C)C)cccc3s2)cc1C. The Balaban J connectivity index is 1.80. The molecule has 6 heteroatoms. The highest BCUT2D eigenvalue weighted by molar-refractivity contribution is 7.22. The molecule has 30 heavy (non-hydrogen) atoms. The van der Waals surface area contributed by atoms with Crippen molar-refractivity contribution in [3.8, 4) is 0 Å². The summed E-state index contributed by atoms with van der Waals surface area (Å²) < 4.78 is 2.95. The lowest BCUT2D eigenvalue weighted by Gasteiger charge is -2.19. The van der Waals surface area contributed by atoms with Crippen molar-refractivity contribution in [2.24, 2.45) is 0 Å². The molecule has 2 aromatic carbocycles. The zero-order valence-corrected chi connectivity index (χ0v) is 18.6. The first-order valence-electron chi connectivity index (χ1n) is 10.3. The Bertz CT molecular complexity index is 1180. The van der Waals surface area contributed by atoms with Crippen molar-refractivity contribution in [1.82, 2.24) is 14.8 Å². The van der Waals surface area contributed by atoms with Crippen LogP contribution in [0.1, 0.15) is 54.0 Å². The molecule has 0 aliphatic heterocycles. The molecule has 1 amide bonds. The monoisotopic (exact) mass is 418 g/mol. The molecule has 0 saturated carbocycles. The number of amides is 1. The molecule has 0 aliphatic carbocycles. The number of thiazole rings is 1. The number of carbonyl (C=O) groups is 1. The molecule has 0 spiro atoms. The highest BCUT2D eigenvalue weighted by Crippen LogP contribution is 2.34. The third kappa shape index (κ3) is 3.87. The van der Waals surface area contributed by atoms with E-state index in [2.05, 4.69) is 37.1 Å². The number of benzene rings is 2. The number of rotatable bonds is 6. The van der Waals surface area contributed by atoms with E-state index in [1.807, 2.05) is 54.9 Å². The van der Waals surface area contributed by atoms with Crippen LogP contribution in [0.4, 0.5) is 5.13 Å². The van der Waals surface area contributed by atoms with Crippen LogP contribution in [0.25, 0.3) is 10.2 Å². The molecule has 4 aromatic rings. The summed E-state index contributed by atoms with van der Waals surface area (Å²) in [5, 5.41) is 5.22. The van der Waals surface area contributed by atoms with Gasteiger partial charge in [0.15, 0.2) is 10.8 Å². The summed E-state index contributed by atoms with van der Waals surface area (Å²) in [6.45, 7) is 9.52. The Morgan fingerprint density at radius 1 is 1.13 bits per heavy atom. The van der Waals surface area contributed by atoms with Gasteiger partial charge in [0.25, 0.3) is 5.91 Å². The van der Waals surface area contributed by atoms with Crippen molar-refractivity contribution in [2.45, 2.75) is 46.7 Å². The number of hydrogen-bond acceptors (Lipinski definition) is 4. The minimum Gasteiger partial charge on any atom is -0.278 e. The lowest BCUT2D eigenvalue weighted by molar-refractivity contribution is 0.0979. The van der Waals surface area contributed by atoms with Gasteiger partial charge in [0, 0.05) is 12.2 Å². The Morgan fingerprint density at radius 2 is 1.90 bits per heavy atom. The Kier molecular flexibility index (Phi) is 5.68. The third-order valence-electron chi connectivity index (χ3n) is 5.22. The van der Waals surface area contributed by atoms with Crippen molar-refractivity contribution < 1.29 is 4.79 Å². The van der Waals surface area contributed by atoms with Gasteiger partial charge >= 0.3 is 0 Å². The number of nitrogens with zero attached hydrogens (tertiary/aromatic N) is 4. The fourth-order valence-corrected chi connectivity index (χ4v) is 4.60. The molecule has 0 radical (unpaired) electrons. The fourth-order valence-electron chi connectivity index (χ4n) is 3.60. The molecule has 0 atom stereocenters. The fraction of sp³-hybridized carbons (Fsp3) is 0.292. The van der Waals surface area contributed by atoms with Gasteiger partial charge in [-0.2, -0.15) is 5.10 Å². The van der Waals surface area contributed by atoms with Crippen LogP contribution in [-0.2, 0) is 13.1 Å². The Morgan fingerprint density at radius 3 is 2.57 bits per heavy atom. The van der Waals surface area contributed by atoms with Crippen LogP contribution in [0, 0.1) is 6.92 Å². The highest BCUT2D eigenvalue weighted by Gasteiger charge is 2.25. The van der Waals surface area contributed by atoms with Crippen LogP contribution in [0.3, 0.4) is 0 Å². The second kappa shape index (κ2) is 8.40. The van der Waals surface area contributed by atoms with Crippen LogP contribution in [0.2, 0.25) is 0 Å². The average Bonchev–Trinajstić information content (AvgIpc) is 3.35. The van der Waals surface area contributed by atoms with Crippen molar-refractivity contribution >= 4 is 32.6 Å². The maximum absolute atomic E-state index is 13.5. The molecule has 5 nitrogen and oxygen atoms in total. The number of carbonyl (C=O) groups excluding carboxylic acids is 1. The van der Waals surface area contributed by atoms with Gasteiger partial charge < -0.3 is 0 Å². The summed E-state index contributed by atoms with van der Waals surface area (Å²) in [6.07, 6.45) is 0. The quantitative estimate of drug-likeness (QED) is 0.398. The van der Waals surface area contributed by atoms with E-state index < -0.39 is 0 Å². The highest BCUT2D eigenvalue weighted by atomic mass is 32.1. The number of para-hydroxylation sites is 1. The molecule has 154 valence electrons. The standard InChI is InChI=1S/C24H26N4OS/c1-5-28-17(4)14-20(26-28)23(29)27(15-18-10-7-6-8-11-18)24-25-22-19(16(2)3)12-9-13-21(22)30-24/h6-14,16H,5,15H2,1-4H3. The van der Waals surface area contributed by atoms with Crippen LogP contribution in [0.15, 0.2) is 54.6 Å². The van der Waals surface area contributed by atoms with E-state index in [4.69, 9.17) is 4.98 Å². The summed E-state index contributed by atoms with van der Waals surface area (Å²) in [6, 6.07) is 18.1. The molecular formula is C24H26N4OS. The lowest BCUT2D eigenvalue weighted by atomic mass is 10.0. The third-order valence-corrected chi connectivity index (χ3v) is 6.26. The van der Waals surface area contributed by atoms with E-state index >= 15 is 0 Å².